The highest BCUT2D eigenvalue weighted by Gasteiger charge is 2.13. The lowest BCUT2D eigenvalue weighted by Gasteiger charge is -2.26. The van der Waals surface area contributed by atoms with Gasteiger partial charge < -0.3 is 10.6 Å². The highest BCUT2D eigenvalue weighted by molar-refractivity contribution is 7.20. The van der Waals surface area contributed by atoms with Gasteiger partial charge in [-0.15, -0.1) is 47.5 Å². The minimum absolute atomic E-state index is 0. The van der Waals surface area contributed by atoms with Crippen LogP contribution in [0.3, 0.4) is 0 Å². The molecule has 9 heteroatoms. The van der Waals surface area contributed by atoms with Crippen molar-refractivity contribution < 1.29 is 4.79 Å². The monoisotopic (exact) mass is 394 g/mol. The molecular weight excluding hydrogens is 375 g/mol. The number of hydrogen-bond donors (Lipinski definition) is 2. The molecule has 1 fully saturated rings. The maximum absolute atomic E-state index is 12.1. The smallest absolute Gasteiger partial charge is 0.270 e. The standard InChI is InChI=1S/C14H18N4OS2.2ClH/c19-13(16-5-8-18-6-3-15-4-7-18)11-10-21-14(17-11)12-2-1-9-20-12;;/h1-2,9-10,15H,3-8H2,(H,16,19);2*1H. The average Bonchev–Trinajstić information content (AvgIpc) is 3.19. The zero-order valence-electron chi connectivity index (χ0n) is 12.5. The number of nitrogens with zero attached hydrogens (tertiary/aromatic N) is 2. The Morgan fingerprint density at radius 2 is 2.09 bits per heavy atom. The number of piperazine rings is 1. The molecule has 5 nitrogen and oxygen atoms in total. The van der Waals surface area contributed by atoms with Crippen molar-refractivity contribution in [1.29, 1.82) is 0 Å². The first-order chi connectivity index (χ1) is 10.3. The first kappa shape index (κ1) is 20.3. The molecule has 2 aromatic rings. The number of rotatable bonds is 5. The zero-order chi connectivity index (χ0) is 14.5. The normalized spacial score (nSPS) is 14.6. The van der Waals surface area contributed by atoms with E-state index in [2.05, 4.69) is 20.5 Å². The molecule has 3 rings (SSSR count). The van der Waals surface area contributed by atoms with Crippen LogP contribution in [0.25, 0.3) is 9.88 Å². The molecule has 2 N–H and O–H groups in total. The van der Waals surface area contributed by atoms with Gasteiger partial charge in [-0.3, -0.25) is 9.69 Å². The number of amides is 1. The minimum atomic E-state index is -0.0795. The Bertz CT molecular complexity index is 585. The molecule has 23 heavy (non-hydrogen) atoms. The lowest BCUT2D eigenvalue weighted by atomic mass is 10.3. The van der Waals surface area contributed by atoms with Gasteiger partial charge in [0, 0.05) is 44.6 Å². The van der Waals surface area contributed by atoms with E-state index in [1.807, 2.05) is 22.9 Å². The lowest BCUT2D eigenvalue weighted by Crippen LogP contribution is -2.46. The van der Waals surface area contributed by atoms with Crippen LogP contribution in [0.15, 0.2) is 22.9 Å². The van der Waals surface area contributed by atoms with E-state index in [1.54, 1.807) is 11.3 Å². The van der Waals surface area contributed by atoms with Crippen molar-refractivity contribution in [3.8, 4) is 9.88 Å². The fourth-order valence-corrected chi connectivity index (χ4v) is 3.86. The Kier molecular flexibility index (Phi) is 9.04. The molecule has 0 radical (unpaired) electrons. The number of thiophene rings is 1. The summed E-state index contributed by atoms with van der Waals surface area (Å²) >= 11 is 3.16. The molecule has 0 bridgehead atoms. The maximum atomic E-state index is 12.1. The molecule has 0 unspecified atom stereocenters. The fourth-order valence-electron chi connectivity index (χ4n) is 2.24. The summed E-state index contributed by atoms with van der Waals surface area (Å²) in [6, 6.07) is 4.02. The first-order valence-electron chi connectivity index (χ1n) is 7.03. The Hall–Kier alpha value is -0.700. The SMILES string of the molecule is Cl.Cl.O=C(NCCN1CCNCC1)c1csc(-c2cccs2)n1. The number of thiazole rings is 1. The summed E-state index contributed by atoms with van der Waals surface area (Å²) in [5, 5.41) is 11.0. The molecule has 0 saturated carbocycles. The van der Waals surface area contributed by atoms with Gasteiger partial charge in [0.05, 0.1) is 4.88 Å². The summed E-state index contributed by atoms with van der Waals surface area (Å²) in [5.74, 6) is -0.0795. The van der Waals surface area contributed by atoms with Crippen molar-refractivity contribution in [1.82, 2.24) is 20.5 Å². The van der Waals surface area contributed by atoms with Crippen LogP contribution in [0, 0.1) is 0 Å². The van der Waals surface area contributed by atoms with Crippen molar-refractivity contribution in [3.05, 3.63) is 28.6 Å². The molecule has 1 saturated heterocycles. The van der Waals surface area contributed by atoms with Gasteiger partial charge in [-0.2, -0.15) is 0 Å². The van der Waals surface area contributed by atoms with Crippen LogP contribution in [0.2, 0.25) is 0 Å². The van der Waals surface area contributed by atoms with Crippen LogP contribution >= 0.6 is 47.5 Å². The topological polar surface area (TPSA) is 57.3 Å². The van der Waals surface area contributed by atoms with Gasteiger partial charge in [0.25, 0.3) is 5.91 Å². The summed E-state index contributed by atoms with van der Waals surface area (Å²) < 4.78 is 0. The van der Waals surface area contributed by atoms with Crippen LogP contribution in [0.1, 0.15) is 10.5 Å². The molecule has 0 spiro atoms. The molecule has 0 aromatic carbocycles. The summed E-state index contributed by atoms with van der Waals surface area (Å²) in [6.07, 6.45) is 0. The largest absolute Gasteiger partial charge is 0.349 e. The summed E-state index contributed by atoms with van der Waals surface area (Å²) in [4.78, 5) is 20.0. The highest BCUT2D eigenvalue weighted by Crippen LogP contribution is 2.27. The van der Waals surface area contributed by atoms with Crippen LogP contribution in [0.5, 0.6) is 0 Å². The second-order valence-corrected chi connectivity index (χ2v) is 6.67. The zero-order valence-corrected chi connectivity index (χ0v) is 15.8. The molecule has 1 aliphatic rings. The van der Waals surface area contributed by atoms with Crippen LogP contribution in [-0.4, -0.2) is 55.1 Å². The van der Waals surface area contributed by atoms with E-state index >= 15 is 0 Å². The second-order valence-electron chi connectivity index (χ2n) is 4.86. The number of carbonyl (C=O) groups excluding carboxylic acids is 1. The maximum Gasteiger partial charge on any atom is 0.270 e. The predicted octanol–water partition coefficient (Wildman–Crippen LogP) is 2.35. The van der Waals surface area contributed by atoms with Crippen molar-refractivity contribution in [2.75, 3.05) is 39.3 Å². The molecule has 3 heterocycles. The Labute approximate surface area is 156 Å². The molecule has 2 aromatic heterocycles. The molecule has 128 valence electrons. The van der Waals surface area contributed by atoms with Crippen molar-refractivity contribution in [2.45, 2.75) is 0 Å². The van der Waals surface area contributed by atoms with Crippen molar-refractivity contribution >= 4 is 53.4 Å². The van der Waals surface area contributed by atoms with Gasteiger partial charge in [-0.1, -0.05) is 6.07 Å². The van der Waals surface area contributed by atoms with E-state index in [0.717, 1.165) is 42.6 Å². The van der Waals surface area contributed by atoms with Gasteiger partial charge in [0.2, 0.25) is 0 Å². The third-order valence-corrected chi connectivity index (χ3v) is 5.27. The first-order valence-corrected chi connectivity index (χ1v) is 8.79. The number of carbonyl (C=O) groups is 1. The molecule has 1 amide bonds. The van der Waals surface area contributed by atoms with Crippen molar-refractivity contribution in [3.63, 3.8) is 0 Å². The fraction of sp³-hybridized carbons (Fsp3) is 0.429. The van der Waals surface area contributed by atoms with E-state index in [-0.39, 0.29) is 30.7 Å². The molecule has 0 atom stereocenters. The van der Waals surface area contributed by atoms with Crippen LogP contribution in [-0.2, 0) is 0 Å². The van der Waals surface area contributed by atoms with Gasteiger partial charge in [0.15, 0.2) is 0 Å². The molecule has 1 aliphatic heterocycles. The van der Waals surface area contributed by atoms with E-state index < -0.39 is 0 Å². The highest BCUT2D eigenvalue weighted by atomic mass is 35.5. The van der Waals surface area contributed by atoms with Crippen LogP contribution in [0.4, 0.5) is 0 Å². The third-order valence-electron chi connectivity index (χ3n) is 3.39. The predicted molar refractivity (Wildman–Crippen MR) is 102 cm³/mol. The number of aromatic nitrogens is 1. The second kappa shape index (κ2) is 10.2. The van der Waals surface area contributed by atoms with E-state index in [9.17, 15) is 4.79 Å². The number of halogens is 2. The molecule has 0 aliphatic carbocycles. The lowest BCUT2D eigenvalue weighted by molar-refractivity contribution is 0.0943. The van der Waals surface area contributed by atoms with E-state index in [0.29, 0.717) is 12.2 Å². The minimum Gasteiger partial charge on any atom is -0.349 e. The Morgan fingerprint density at radius 1 is 1.30 bits per heavy atom. The van der Waals surface area contributed by atoms with Crippen LogP contribution < -0.4 is 10.6 Å². The average molecular weight is 395 g/mol. The van der Waals surface area contributed by atoms with E-state index in [1.165, 1.54) is 11.3 Å². The number of hydrogen-bond acceptors (Lipinski definition) is 6. The third kappa shape index (κ3) is 5.70. The Balaban J connectivity index is 0.00000132. The summed E-state index contributed by atoms with van der Waals surface area (Å²) in [7, 11) is 0. The van der Waals surface area contributed by atoms with Gasteiger partial charge in [-0.25, -0.2) is 4.98 Å². The quantitative estimate of drug-likeness (QED) is 0.816. The van der Waals surface area contributed by atoms with Crippen molar-refractivity contribution in [2.24, 2.45) is 0 Å². The van der Waals surface area contributed by atoms with E-state index in [4.69, 9.17) is 0 Å². The molecular formula is C14H20Cl2N4OS2. The summed E-state index contributed by atoms with van der Waals surface area (Å²) in [6.45, 7) is 5.73. The van der Waals surface area contributed by atoms with Gasteiger partial charge >= 0.3 is 0 Å². The summed E-state index contributed by atoms with van der Waals surface area (Å²) in [5.41, 5.74) is 0.517. The number of nitrogens with one attached hydrogen (secondary N) is 2. The van der Waals surface area contributed by atoms with Gasteiger partial charge in [-0.05, 0) is 11.4 Å². The van der Waals surface area contributed by atoms with Gasteiger partial charge in [0.1, 0.15) is 10.7 Å². The Morgan fingerprint density at radius 3 is 2.78 bits per heavy atom.